The average Bonchev–Trinajstić information content (AvgIpc) is 2.28. The highest BCUT2D eigenvalue weighted by Gasteiger charge is 2.45. The highest BCUT2D eigenvalue weighted by molar-refractivity contribution is 5.96. The quantitative estimate of drug-likeness (QED) is 0.608. The maximum absolute atomic E-state index is 11.5. The summed E-state index contributed by atoms with van der Waals surface area (Å²) >= 11 is 0. The summed E-state index contributed by atoms with van der Waals surface area (Å²) < 4.78 is 0. The fourth-order valence-electron chi connectivity index (χ4n) is 1.90. The zero-order chi connectivity index (χ0) is 13.4. The second-order valence-electron chi connectivity index (χ2n) is 3.66. The van der Waals surface area contributed by atoms with Crippen LogP contribution in [0.1, 0.15) is 18.0 Å². The van der Waals surface area contributed by atoms with Crippen molar-refractivity contribution >= 4 is 11.6 Å². The number of nitrogens with zero attached hydrogens (tertiary/aromatic N) is 3. The molecule has 0 aromatic heterocycles. The molecule has 1 aromatic rings. The average molecular weight is 253 g/mol. The first-order valence-corrected chi connectivity index (χ1v) is 4.86. The summed E-state index contributed by atoms with van der Waals surface area (Å²) in [6.07, 6.45) is -0.607. The normalized spacial score (nSPS) is 18.3. The summed E-state index contributed by atoms with van der Waals surface area (Å²) in [5.74, 6) is -1.57. The van der Waals surface area contributed by atoms with E-state index in [1.54, 1.807) is 0 Å². The second kappa shape index (κ2) is 3.95. The summed E-state index contributed by atoms with van der Waals surface area (Å²) in [6.45, 7) is 0. The standard InChI is InChI=1S/C9H7N3O6/c13-7-3-1-2-5-6(11(15)16)4-8(14)10(9(5)7)12(17)18/h1-3,6,13H,4H2. The van der Waals surface area contributed by atoms with E-state index in [1.165, 1.54) is 12.1 Å². The van der Waals surface area contributed by atoms with Gasteiger partial charge in [0.2, 0.25) is 6.04 Å². The lowest BCUT2D eigenvalue weighted by Crippen LogP contribution is -2.42. The van der Waals surface area contributed by atoms with E-state index in [-0.39, 0.29) is 10.6 Å². The molecule has 9 nitrogen and oxygen atoms in total. The number of phenolic OH excluding ortho intramolecular Hbond substituents is 1. The molecule has 1 aliphatic heterocycles. The van der Waals surface area contributed by atoms with E-state index in [0.717, 1.165) is 6.07 Å². The Morgan fingerprint density at radius 2 is 2.00 bits per heavy atom. The molecule has 0 saturated heterocycles. The van der Waals surface area contributed by atoms with E-state index in [1.807, 2.05) is 0 Å². The molecule has 0 fully saturated rings. The number of hydrogen-bond donors (Lipinski definition) is 1. The van der Waals surface area contributed by atoms with Gasteiger partial charge in [0.1, 0.15) is 12.2 Å². The molecule has 0 aliphatic carbocycles. The molecule has 0 bridgehead atoms. The van der Waals surface area contributed by atoms with Crippen LogP contribution in [0, 0.1) is 20.2 Å². The van der Waals surface area contributed by atoms with Crippen molar-refractivity contribution in [3.05, 3.63) is 44.0 Å². The molecule has 1 heterocycles. The number of benzene rings is 1. The molecule has 0 radical (unpaired) electrons. The van der Waals surface area contributed by atoms with E-state index >= 15 is 0 Å². The number of para-hydroxylation sites is 1. The van der Waals surface area contributed by atoms with Gasteiger partial charge in [-0.2, -0.15) is 0 Å². The van der Waals surface area contributed by atoms with Crippen molar-refractivity contribution in [3.63, 3.8) is 0 Å². The predicted octanol–water partition coefficient (Wildman–Crippen LogP) is 0.638. The Labute approximate surface area is 99.5 Å². The Morgan fingerprint density at radius 3 is 2.56 bits per heavy atom. The number of carbonyl (C=O) groups is 1. The summed E-state index contributed by atoms with van der Waals surface area (Å²) in [5, 5.41) is 30.3. The Balaban J connectivity index is 2.68. The van der Waals surface area contributed by atoms with Gasteiger partial charge >= 0.3 is 0 Å². The molecule has 1 N–H and O–H groups in total. The van der Waals surface area contributed by atoms with E-state index in [0.29, 0.717) is 0 Å². The lowest BCUT2D eigenvalue weighted by molar-refractivity contribution is -0.532. The third-order valence-corrected chi connectivity index (χ3v) is 2.64. The van der Waals surface area contributed by atoms with Crippen molar-refractivity contribution in [1.29, 1.82) is 0 Å². The number of rotatable bonds is 2. The monoisotopic (exact) mass is 253 g/mol. The minimum Gasteiger partial charge on any atom is -0.506 e. The second-order valence-corrected chi connectivity index (χ2v) is 3.66. The van der Waals surface area contributed by atoms with Gasteiger partial charge in [0.05, 0.1) is 5.56 Å². The van der Waals surface area contributed by atoms with Gasteiger partial charge in [0.15, 0.2) is 10.7 Å². The van der Waals surface area contributed by atoms with Crippen molar-refractivity contribution in [1.82, 2.24) is 0 Å². The summed E-state index contributed by atoms with van der Waals surface area (Å²) in [7, 11) is 0. The van der Waals surface area contributed by atoms with Crippen molar-refractivity contribution in [2.24, 2.45) is 0 Å². The van der Waals surface area contributed by atoms with Crippen molar-refractivity contribution in [2.45, 2.75) is 12.5 Å². The first-order valence-electron chi connectivity index (χ1n) is 4.86. The number of hydrogen-bond acceptors (Lipinski definition) is 6. The van der Waals surface area contributed by atoms with E-state index in [2.05, 4.69) is 0 Å². The Hall–Kier alpha value is -2.71. The summed E-state index contributed by atoms with van der Waals surface area (Å²) in [5.41, 5.74) is -0.475. The third kappa shape index (κ3) is 1.61. The fraction of sp³-hybridized carbons (Fsp3) is 0.222. The van der Waals surface area contributed by atoms with Gasteiger partial charge in [0, 0.05) is 4.92 Å². The molecule has 1 unspecified atom stereocenters. The number of aromatic hydroxyl groups is 1. The highest BCUT2D eigenvalue weighted by atomic mass is 16.7. The van der Waals surface area contributed by atoms with Gasteiger partial charge in [-0.25, -0.2) is 10.1 Å². The molecular weight excluding hydrogens is 246 g/mol. The molecule has 0 saturated carbocycles. The fourth-order valence-corrected chi connectivity index (χ4v) is 1.90. The first kappa shape index (κ1) is 11.8. The minimum absolute atomic E-state index is 0.0451. The number of nitro groups is 2. The predicted molar refractivity (Wildman–Crippen MR) is 56.9 cm³/mol. The largest absolute Gasteiger partial charge is 0.506 e. The lowest BCUT2D eigenvalue weighted by atomic mass is 9.97. The molecule has 0 spiro atoms. The van der Waals surface area contributed by atoms with Gasteiger partial charge in [-0.15, -0.1) is 0 Å². The Morgan fingerprint density at radius 1 is 1.33 bits per heavy atom. The number of fused-ring (bicyclic) bond motifs is 1. The van der Waals surface area contributed by atoms with Gasteiger partial charge in [-0.1, -0.05) is 6.07 Å². The Bertz CT molecular complexity index is 557. The summed E-state index contributed by atoms with van der Waals surface area (Å²) in [6, 6.07) is 2.37. The van der Waals surface area contributed by atoms with Crippen LogP contribution in [0.15, 0.2) is 18.2 Å². The number of anilines is 1. The molecule has 9 heteroatoms. The zero-order valence-corrected chi connectivity index (χ0v) is 8.85. The maximum atomic E-state index is 11.5. The van der Waals surface area contributed by atoms with Gasteiger partial charge in [0.25, 0.3) is 5.91 Å². The van der Waals surface area contributed by atoms with Crippen LogP contribution in [0.5, 0.6) is 5.75 Å². The topological polar surface area (TPSA) is 127 Å². The third-order valence-electron chi connectivity index (χ3n) is 2.64. The number of carbonyl (C=O) groups excluding carboxylic acids is 1. The number of amides is 1. The van der Waals surface area contributed by atoms with Crippen LogP contribution < -0.4 is 5.01 Å². The van der Waals surface area contributed by atoms with Gasteiger partial charge < -0.3 is 5.11 Å². The molecule has 1 amide bonds. The minimum atomic E-state index is -1.38. The first-order chi connectivity index (χ1) is 8.43. The van der Waals surface area contributed by atoms with Crippen LogP contribution in [0.3, 0.4) is 0 Å². The maximum Gasteiger partial charge on any atom is 0.296 e. The number of hydrazine groups is 1. The molecule has 1 aliphatic rings. The molecule has 94 valence electrons. The van der Waals surface area contributed by atoms with E-state index in [9.17, 15) is 30.1 Å². The zero-order valence-electron chi connectivity index (χ0n) is 8.85. The number of phenols is 1. The van der Waals surface area contributed by atoms with Crippen molar-refractivity contribution in [2.75, 3.05) is 5.01 Å². The molecular formula is C9H7N3O6. The van der Waals surface area contributed by atoms with Crippen LogP contribution in [0.25, 0.3) is 0 Å². The smallest absolute Gasteiger partial charge is 0.296 e. The molecule has 1 aromatic carbocycles. The molecule has 1 atom stereocenters. The molecule has 18 heavy (non-hydrogen) atoms. The lowest BCUT2D eigenvalue weighted by Gasteiger charge is -2.23. The SMILES string of the molecule is O=C1CC([N+](=O)[O-])c2cccc(O)c2N1[N+](=O)[O-]. The van der Waals surface area contributed by atoms with Crippen LogP contribution >= 0.6 is 0 Å². The van der Waals surface area contributed by atoms with Crippen LogP contribution in [-0.2, 0) is 4.79 Å². The van der Waals surface area contributed by atoms with Crippen molar-refractivity contribution < 1.29 is 19.9 Å². The van der Waals surface area contributed by atoms with Crippen LogP contribution in [0.4, 0.5) is 5.69 Å². The van der Waals surface area contributed by atoms with Crippen LogP contribution in [0.2, 0.25) is 0 Å². The van der Waals surface area contributed by atoms with E-state index in [4.69, 9.17) is 0 Å². The van der Waals surface area contributed by atoms with Crippen molar-refractivity contribution in [3.8, 4) is 5.75 Å². The van der Waals surface area contributed by atoms with E-state index < -0.39 is 39.8 Å². The van der Waals surface area contributed by atoms with Gasteiger partial charge in [-0.3, -0.25) is 14.9 Å². The van der Waals surface area contributed by atoms with Gasteiger partial charge in [-0.05, 0) is 17.1 Å². The molecule has 2 rings (SSSR count). The Kier molecular flexibility index (Phi) is 2.58. The highest BCUT2D eigenvalue weighted by Crippen LogP contribution is 2.41. The summed E-state index contributed by atoms with van der Waals surface area (Å²) in [4.78, 5) is 32.5. The van der Waals surface area contributed by atoms with Crippen LogP contribution in [-0.4, -0.2) is 21.0 Å².